The van der Waals surface area contributed by atoms with Crippen molar-refractivity contribution in [3.8, 4) is 10.6 Å². The average molecular weight is 331 g/mol. The summed E-state index contributed by atoms with van der Waals surface area (Å²) in [5, 5.41) is 3.99. The van der Waals surface area contributed by atoms with Crippen molar-refractivity contribution in [1.29, 1.82) is 0 Å². The number of aromatic nitrogens is 1. The first-order chi connectivity index (χ1) is 11.1. The second-order valence-corrected chi connectivity index (χ2v) is 6.76. The second kappa shape index (κ2) is 7.10. The molecule has 23 heavy (non-hydrogen) atoms. The molecule has 6 heteroatoms. The van der Waals surface area contributed by atoms with Crippen molar-refractivity contribution in [2.45, 2.75) is 26.5 Å². The highest BCUT2D eigenvalue weighted by molar-refractivity contribution is 7.15. The van der Waals surface area contributed by atoms with E-state index in [2.05, 4.69) is 22.4 Å². The zero-order valence-electron chi connectivity index (χ0n) is 13.4. The number of thiazole rings is 1. The van der Waals surface area contributed by atoms with E-state index in [1.54, 1.807) is 11.3 Å². The number of morpholine rings is 1. The summed E-state index contributed by atoms with van der Waals surface area (Å²) in [5.41, 5.74) is 2.09. The van der Waals surface area contributed by atoms with Crippen molar-refractivity contribution >= 4 is 17.4 Å². The van der Waals surface area contributed by atoms with Gasteiger partial charge in [0.15, 0.2) is 0 Å². The first-order valence-corrected chi connectivity index (χ1v) is 8.61. The summed E-state index contributed by atoms with van der Waals surface area (Å²) < 4.78 is 5.46. The fraction of sp³-hybridized carbons (Fsp3) is 0.412. The molecule has 0 bridgehead atoms. The fourth-order valence-electron chi connectivity index (χ4n) is 2.57. The third-order valence-corrected chi connectivity index (χ3v) is 5.05. The van der Waals surface area contributed by atoms with Gasteiger partial charge in [0.2, 0.25) is 0 Å². The van der Waals surface area contributed by atoms with E-state index in [0.29, 0.717) is 26.2 Å². The molecule has 1 aliphatic rings. The maximum Gasteiger partial charge on any atom is 0.317 e. The number of benzene rings is 1. The van der Waals surface area contributed by atoms with Crippen LogP contribution in [0.25, 0.3) is 10.6 Å². The zero-order chi connectivity index (χ0) is 16.2. The lowest BCUT2D eigenvalue weighted by atomic mass is 10.2. The molecule has 0 unspecified atom stereocenters. The highest BCUT2D eigenvalue weighted by Crippen LogP contribution is 2.27. The molecule has 122 valence electrons. The molecule has 5 nitrogen and oxygen atoms in total. The molecule has 2 aromatic rings. The Morgan fingerprint density at radius 1 is 1.43 bits per heavy atom. The normalized spacial score (nSPS) is 18.0. The summed E-state index contributed by atoms with van der Waals surface area (Å²) in [4.78, 5) is 19.8. The lowest BCUT2D eigenvalue weighted by Gasteiger charge is -2.31. The van der Waals surface area contributed by atoms with Crippen molar-refractivity contribution in [3.05, 3.63) is 40.9 Å². The molecule has 1 saturated heterocycles. The number of hydrogen-bond acceptors (Lipinski definition) is 4. The van der Waals surface area contributed by atoms with Crippen LogP contribution in [0.15, 0.2) is 30.3 Å². The minimum Gasteiger partial charge on any atom is -0.375 e. The Labute approximate surface area is 140 Å². The number of rotatable bonds is 3. The number of carbonyl (C=O) groups is 1. The number of ether oxygens (including phenoxy) is 1. The highest BCUT2D eigenvalue weighted by Gasteiger charge is 2.21. The van der Waals surface area contributed by atoms with Crippen LogP contribution in [0.4, 0.5) is 4.79 Å². The Balaban J connectivity index is 1.62. The van der Waals surface area contributed by atoms with Crippen LogP contribution in [-0.4, -0.2) is 41.7 Å². The predicted octanol–water partition coefficient (Wildman–Crippen LogP) is 3.05. The summed E-state index contributed by atoms with van der Waals surface area (Å²) in [6.07, 6.45) is 0.101. The summed E-state index contributed by atoms with van der Waals surface area (Å²) in [6.45, 7) is 6.38. The van der Waals surface area contributed by atoms with Gasteiger partial charge in [-0.3, -0.25) is 0 Å². The molecular formula is C17H21N3O2S. The van der Waals surface area contributed by atoms with Gasteiger partial charge in [0.1, 0.15) is 5.01 Å². The Hall–Kier alpha value is -1.92. The van der Waals surface area contributed by atoms with E-state index in [0.717, 1.165) is 21.1 Å². The van der Waals surface area contributed by atoms with Crippen LogP contribution in [0.3, 0.4) is 0 Å². The van der Waals surface area contributed by atoms with Crippen LogP contribution in [0, 0.1) is 6.92 Å². The van der Waals surface area contributed by atoms with Crippen molar-refractivity contribution in [3.63, 3.8) is 0 Å². The first-order valence-electron chi connectivity index (χ1n) is 7.79. The van der Waals surface area contributed by atoms with E-state index in [1.165, 1.54) is 0 Å². The Morgan fingerprint density at radius 3 is 2.96 bits per heavy atom. The highest BCUT2D eigenvalue weighted by atomic mass is 32.1. The van der Waals surface area contributed by atoms with Gasteiger partial charge in [-0.15, -0.1) is 11.3 Å². The number of aryl methyl sites for hydroxylation is 1. The van der Waals surface area contributed by atoms with Gasteiger partial charge in [-0.2, -0.15) is 0 Å². The lowest BCUT2D eigenvalue weighted by molar-refractivity contribution is -0.00351. The van der Waals surface area contributed by atoms with E-state index in [-0.39, 0.29) is 12.1 Å². The molecule has 1 aromatic carbocycles. The van der Waals surface area contributed by atoms with Crippen LogP contribution in [0.5, 0.6) is 0 Å². The van der Waals surface area contributed by atoms with Gasteiger partial charge in [-0.1, -0.05) is 30.3 Å². The minimum absolute atomic E-state index is 0.0331. The number of carbonyl (C=O) groups excluding carboxylic acids is 1. The van der Waals surface area contributed by atoms with E-state index >= 15 is 0 Å². The molecule has 2 heterocycles. The van der Waals surface area contributed by atoms with Crippen LogP contribution in [-0.2, 0) is 11.3 Å². The van der Waals surface area contributed by atoms with Gasteiger partial charge >= 0.3 is 6.03 Å². The minimum atomic E-state index is -0.0331. The zero-order valence-corrected chi connectivity index (χ0v) is 14.2. The molecule has 0 spiro atoms. The molecule has 0 aliphatic carbocycles. The van der Waals surface area contributed by atoms with Crippen LogP contribution in [0.1, 0.15) is 17.5 Å². The SMILES string of the molecule is Cc1nc(-c2ccccc2)sc1CNC(=O)N1CCO[C@@H](C)C1. The summed E-state index contributed by atoms with van der Waals surface area (Å²) in [6, 6.07) is 10.1. The molecule has 1 atom stereocenters. The predicted molar refractivity (Wildman–Crippen MR) is 91.5 cm³/mol. The van der Waals surface area contributed by atoms with Crippen molar-refractivity contribution < 1.29 is 9.53 Å². The quantitative estimate of drug-likeness (QED) is 0.940. The van der Waals surface area contributed by atoms with E-state index in [1.807, 2.05) is 36.9 Å². The smallest absolute Gasteiger partial charge is 0.317 e. The van der Waals surface area contributed by atoms with Crippen LogP contribution >= 0.6 is 11.3 Å². The molecule has 1 aromatic heterocycles. The molecular weight excluding hydrogens is 310 g/mol. The van der Waals surface area contributed by atoms with Gasteiger partial charge in [0, 0.05) is 23.5 Å². The first kappa shape index (κ1) is 16.0. The number of nitrogens with one attached hydrogen (secondary N) is 1. The Morgan fingerprint density at radius 2 is 2.22 bits per heavy atom. The largest absolute Gasteiger partial charge is 0.375 e. The van der Waals surface area contributed by atoms with Gasteiger partial charge in [-0.05, 0) is 13.8 Å². The van der Waals surface area contributed by atoms with Crippen LogP contribution in [0.2, 0.25) is 0 Å². The topological polar surface area (TPSA) is 54.5 Å². The summed E-state index contributed by atoms with van der Waals surface area (Å²) in [7, 11) is 0. The third kappa shape index (κ3) is 3.89. The summed E-state index contributed by atoms with van der Waals surface area (Å²) >= 11 is 1.63. The second-order valence-electron chi connectivity index (χ2n) is 5.68. The van der Waals surface area contributed by atoms with Gasteiger partial charge in [0.05, 0.1) is 24.9 Å². The number of hydrogen-bond donors (Lipinski definition) is 1. The standard InChI is InChI=1S/C17H21N3O2S/c1-12-11-20(8-9-22-12)17(21)18-10-15-13(2)19-16(23-15)14-6-4-3-5-7-14/h3-7,12H,8-11H2,1-2H3,(H,18,21)/t12-/m0/s1. The third-order valence-electron chi connectivity index (χ3n) is 3.84. The number of nitrogens with zero attached hydrogens (tertiary/aromatic N) is 2. The molecule has 1 fully saturated rings. The monoisotopic (exact) mass is 331 g/mol. The van der Waals surface area contributed by atoms with E-state index in [4.69, 9.17) is 4.74 Å². The van der Waals surface area contributed by atoms with Gasteiger partial charge in [-0.25, -0.2) is 9.78 Å². The van der Waals surface area contributed by atoms with Crippen molar-refractivity contribution in [2.24, 2.45) is 0 Å². The fourth-order valence-corrected chi connectivity index (χ4v) is 3.57. The van der Waals surface area contributed by atoms with Gasteiger partial charge in [0.25, 0.3) is 0 Å². The van der Waals surface area contributed by atoms with Gasteiger partial charge < -0.3 is 15.0 Å². The van der Waals surface area contributed by atoms with Crippen molar-refractivity contribution in [2.75, 3.05) is 19.7 Å². The van der Waals surface area contributed by atoms with Crippen molar-refractivity contribution in [1.82, 2.24) is 15.2 Å². The Bertz CT molecular complexity index is 672. The molecule has 3 rings (SSSR count). The molecule has 0 radical (unpaired) electrons. The van der Waals surface area contributed by atoms with E-state index < -0.39 is 0 Å². The molecule has 0 saturated carbocycles. The summed E-state index contributed by atoms with van der Waals surface area (Å²) in [5.74, 6) is 0. The van der Waals surface area contributed by atoms with Crippen LogP contribution < -0.4 is 5.32 Å². The molecule has 1 N–H and O–H groups in total. The van der Waals surface area contributed by atoms with E-state index in [9.17, 15) is 4.79 Å². The number of amides is 2. The maximum absolute atomic E-state index is 12.2. The average Bonchev–Trinajstić information content (AvgIpc) is 2.94. The maximum atomic E-state index is 12.2. The Kier molecular flexibility index (Phi) is 4.93. The molecule has 1 aliphatic heterocycles. The number of urea groups is 1. The lowest BCUT2D eigenvalue weighted by Crippen LogP contribution is -2.48. The molecule has 2 amide bonds.